The first-order chi connectivity index (χ1) is 10.3. The standard InChI is InChI=1S/C17H19N3O/c21-17(20-14-6-2-1-3-7-14)18-11-10-13-12-19-16-9-5-4-8-15(13)16/h1-9,13,19H,10-12H2,(H2,18,20,21). The molecule has 21 heavy (non-hydrogen) atoms. The van der Waals surface area contributed by atoms with Gasteiger partial charge in [-0.3, -0.25) is 0 Å². The highest BCUT2D eigenvalue weighted by Gasteiger charge is 2.20. The van der Waals surface area contributed by atoms with Crippen molar-refractivity contribution in [3.05, 3.63) is 60.2 Å². The van der Waals surface area contributed by atoms with E-state index in [0.717, 1.165) is 18.7 Å². The zero-order valence-electron chi connectivity index (χ0n) is 11.8. The molecule has 2 aromatic rings. The van der Waals surface area contributed by atoms with Crippen molar-refractivity contribution >= 4 is 17.4 Å². The van der Waals surface area contributed by atoms with Crippen molar-refractivity contribution < 1.29 is 4.79 Å². The molecular formula is C17H19N3O. The van der Waals surface area contributed by atoms with Crippen molar-refractivity contribution in [3.63, 3.8) is 0 Å². The molecule has 1 unspecified atom stereocenters. The highest BCUT2D eigenvalue weighted by molar-refractivity contribution is 5.89. The summed E-state index contributed by atoms with van der Waals surface area (Å²) < 4.78 is 0. The van der Waals surface area contributed by atoms with Crippen LogP contribution >= 0.6 is 0 Å². The molecule has 108 valence electrons. The summed E-state index contributed by atoms with van der Waals surface area (Å²) in [6.45, 7) is 1.61. The Morgan fingerprint density at radius 1 is 1.10 bits per heavy atom. The molecule has 0 radical (unpaired) electrons. The normalized spacial score (nSPS) is 15.9. The van der Waals surface area contributed by atoms with Gasteiger partial charge in [0.2, 0.25) is 0 Å². The topological polar surface area (TPSA) is 53.2 Å². The van der Waals surface area contributed by atoms with Crippen LogP contribution in [0.4, 0.5) is 16.2 Å². The largest absolute Gasteiger partial charge is 0.384 e. The predicted octanol–water partition coefficient (Wildman–Crippen LogP) is 3.41. The predicted molar refractivity (Wildman–Crippen MR) is 85.8 cm³/mol. The van der Waals surface area contributed by atoms with Gasteiger partial charge in [0.15, 0.2) is 0 Å². The number of carbonyl (C=O) groups excluding carboxylic acids is 1. The lowest BCUT2D eigenvalue weighted by atomic mass is 9.98. The average Bonchev–Trinajstić information content (AvgIpc) is 2.92. The number of hydrogen-bond donors (Lipinski definition) is 3. The first-order valence-corrected chi connectivity index (χ1v) is 7.25. The van der Waals surface area contributed by atoms with E-state index in [4.69, 9.17) is 0 Å². The molecule has 0 bridgehead atoms. The van der Waals surface area contributed by atoms with E-state index in [0.29, 0.717) is 12.5 Å². The number of urea groups is 1. The van der Waals surface area contributed by atoms with Crippen LogP contribution < -0.4 is 16.0 Å². The molecule has 0 aromatic heterocycles. The molecule has 0 saturated heterocycles. The first kappa shape index (κ1) is 13.5. The molecule has 0 aliphatic carbocycles. The summed E-state index contributed by atoms with van der Waals surface area (Å²) in [7, 11) is 0. The van der Waals surface area contributed by atoms with Crippen LogP contribution in [0.1, 0.15) is 17.9 Å². The van der Waals surface area contributed by atoms with Gasteiger partial charge in [-0.05, 0) is 30.2 Å². The third-order valence-electron chi connectivity index (χ3n) is 3.75. The molecule has 0 spiro atoms. The second kappa shape index (κ2) is 6.31. The van der Waals surface area contributed by atoms with Crippen molar-refractivity contribution in [2.45, 2.75) is 12.3 Å². The van der Waals surface area contributed by atoms with Crippen LogP contribution in [0.25, 0.3) is 0 Å². The maximum atomic E-state index is 11.8. The maximum Gasteiger partial charge on any atom is 0.319 e. The third kappa shape index (κ3) is 3.34. The van der Waals surface area contributed by atoms with Crippen molar-refractivity contribution in [2.75, 3.05) is 23.7 Å². The molecule has 1 aliphatic rings. The summed E-state index contributed by atoms with van der Waals surface area (Å²) in [5.74, 6) is 0.471. The van der Waals surface area contributed by atoms with Crippen LogP contribution in [0.3, 0.4) is 0 Å². The Morgan fingerprint density at radius 2 is 1.86 bits per heavy atom. The fourth-order valence-electron chi connectivity index (χ4n) is 2.67. The van der Waals surface area contributed by atoms with E-state index < -0.39 is 0 Å². The minimum Gasteiger partial charge on any atom is -0.384 e. The van der Waals surface area contributed by atoms with Gasteiger partial charge in [0.25, 0.3) is 0 Å². The summed E-state index contributed by atoms with van der Waals surface area (Å²) in [6.07, 6.45) is 0.937. The van der Waals surface area contributed by atoms with Crippen LogP contribution in [0.5, 0.6) is 0 Å². The maximum absolute atomic E-state index is 11.8. The fourth-order valence-corrected chi connectivity index (χ4v) is 2.67. The minimum atomic E-state index is -0.152. The zero-order chi connectivity index (χ0) is 14.5. The van der Waals surface area contributed by atoms with Crippen LogP contribution in [-0.2, 0) is 0 Å². The summed E-state index contributed by atoms with van der Waals surface area (Å²) >= 11 is 0. The second-order valence-electron chi connectivity index (χ2n) is 5.20. The lowest BCUT2D eigenvalue weighted by Crippen LogP contribution is -2.30. The summed E-state index contributed by atoms with van der Waals surface area (Å²) in [6, 6.07) is 17.7. The van der Waals surface area contributed by atoms with Gasteiger partial charge in [-0.2, -0.15) is 0 Å². The van der Waals surface area contributed by atoms with Crippen molar-refractivity contribution in [1.29, 1.82) is 0 Å². The van der Waals surface area contributed by atoms with E-state index in [1.165, 1.54) is 11.3 Å². The van der Waals surface area contributed by atoms with Gasteiger partial charge in [0.05, 0.1) is 0 Å². The number of para-hydroxylation sites is 2. The number of nitrogens with one attached hydrogen (secondary N) is 3. The number of fused-ring (bicyclic) bond motifs is 1. The Labute approximate surface area is 124 Å². The summed E-state index contributed by atoms with van der Waals surface area (Å²) in [4.78, 5) is 11.8. The smallest absolute Gasteiger partial charge is 0.319 e. The molecule has 4 heteroatoms. The van der Waals surface area contributed by atoms with Gasteiger partial charge >= 0.3 is 6.03 Å². The van der Waals surface area contributed by atoms with E-state index in [2.05, 4.69) is 34.1 Å². The van der Waals surface area contributed by atoms with Gasteiger partial charge in [-0.1, -0.05) is 36.4 Å². The number of carbonyl (C=O) groups is 1. The van der Waals surface area contributed by atoms with E-state index in [-0.39, 0.29) is 6.03 Å². The average molecular weight is 281 g/mol. The lowest BCUT2D eigenvalue weighted by molar-refractivity contribution is 0.252. The van der Waals surface area contributed by atoms with Crippen LogP contribution in [-0.4, -0.2) is 19.1 Å². The van der Waals surface area contributed by atoms with Gasteiger partial charge in [0.1, 0.15) is 0 Å². The van der Waals surface area contributed by atoms with Crippen LogP contribution in [0.15, 0.2) is 54.6 Å². The van der Waals surface area contributed by atoms with Gasteiger partial charge in [0, 0.05) is 30.4 Å². The number of hydrogen-bond acceptors (Lipinski definition) is 2. The molecule has 0 fully saturated rings. The number of anilines is 2. The molecule has 3 rings (SSSR count). The number of amides is 2. The Bertz CT molecular complexity index is 612. The van der Waals surface area contributed by atoms with Crippen molar-refractivity contribution in [3.8, 4) is 0 Å². The van der Waals surface area contributed by atoms with Crippen LogP contribution in [0, 0.1) is 0 Å². The Morgan fingerprint density at radius 3 is 2.71 bits per heavy atom. The molecule has 1 aliphatic heterocycles. The van der Waals surface area contributed by atoms with Gasteiger partial charge in [-0.15, -0.1) is 0 Å². The molecule has 2 aromatic carbocycles. The second-order valence-corrected chi connectivity index (χ2v) is 5.20. The lowest BCUT2D eigenvalue weighted by Gasteiger charge is -2.11. The third-order valence-corrected chi connectivity index (χ3v) is 3.75. The quantitative estimate of drug-likeness (QED) is 0.804. The molecule has 4 nitrogen and oxygen atoms in total. The van der Waals surface area contributed by atoms with E-state index in [1.54, 1.807) is 0 Å². The molecule has 1 atom stereocenters. The summed E-state index contributed by atoms with van der Waals surface area (Å²) in [5, 5.41) is 9.13. The van der Waals surface area contributed by atoms with E-state index >= 15 is 0 Å². The number of benzene rings is 2. The molecule has 0 saturated carbocycles. The van der Waals surface area contributed by atoms with Gasteiger partial charge in [-0.25, -0.2) is 4.79 Å². The van der Waals surface area contributed by atoms with Gasteiger partial charge < -0.3 is 16.0 Å². The SMILES string of the molecule is O=C(NCCC1CNc2ccccc21)Nc1ccccc1. The molecule has 3 N–H and O–H groups in total. The Balaban J connectivity index is 1.46. The highest BCUT2D eigenvalue weighted by Crippen LogP contribution is 2.32. The zero-order valence-corrected chi connectivity index (χ0v) is 11.8. The van der Waals surface area contributed by atoms with Crippen LogP contribution in [0.2, 0.25) is 0 Å². The highest BCUT2D eigenvalue weighted by atomic mass is 16.2. The monoisotopic (exact) mass is 281 g/mol. The van der Waals surface area contributed by atoms with Crippen molar-refractivity contribution in [1.82, 2.24) is 5.32 Å². The molecular weight excluding hydrogens is 262 g/mol. The minimum absolute atomic E-state index is 0.152. The Hall–Kier alpha value is -2.49. The molecule has 2 amide bonds. The van der Waals surface area contributed by atoms with E-state index in [1.807, 2.05) is 36.4 Å². The Kier molecular flexibility index (Phi) is 4.05. The van der Waals surface area contributed by atoms with Crippen molar-refractivity contribution in [2.24, 2.45) is 0 Å². The summed E-state index contributed by atoms with van der Waals surface area (Å²) in [5.41, 5.74) is 3.38. The number of rotatable bonds is 4. The van der Waals surface area contributed by atoms with E-state index in [9.17, 15) is 4.79 Å². The molecule has 1 heterocycles. The first-order valence-electron chi connectivity index (χ1n) is 7.25. The fraction of sp³-hybridized carbons (Fsp3) is 0.235.